The van der Waals surface area contributed by atoms with Gasteiger partial charge in [-0.3, -0.25) is 24.3 Å². The van der Waals surface area contributed by atoms with E-state index in [9.17, 15) is 28.1 Å². The Morgan fingerprint density at radius 2 is 2.15 bits per heavy atom. The SMILES string of the molecule is CCC(C(=O)NCCCn1nc(C(F)(F)F)cc1C)n1cc([N+](=O)[O-])cn1. The highest BCUT2D eigenvalue weighted by atomic mass is 19.4. The van der Waals surface area contributed by atoms with Crippen molar-refractivity contribution >= 4 is 11.6 Å². The first kappa shape index (κ1) is 20.4. The van der Waals surface area contributed by atoms with Gasteiger partial charge in [-0.1, -0.05) is 6.92 Å². The molecule has 0 spiro atoms. The van der Waals surface area contributed by atoms with Crippen LogP contribution in [0.1, 0.15) is 37.2 Å². The van der Waals surface area contributed by atoms with Crippen LogP contribution in [0.15, 0.2) is 18.5 Å². The number of hydrogen-bond donors (Lipinski definition) is 1. The van der Waals surface area contributed by atoms with E-state index in [1.807, 2.05) is 0 Å². The summed E-state index contributed by atoms with van der Waals surface area (Å²) in [4.78, 5) is 22.4. The van der Waals surface area contributed by atoms with Gasteiger partial charge in [0, 0.05) is 18.8 Å². The van der Waals surface area contributed by atoms with E-state index in [1.165, 1.54) is 22.5 Å². The van der Waals surface area contributed by atoms with E-state index in [-0.39, 0.29) is 24.7 Å². The summed E-state index contributed by atoms with van der Waals surface area (Å²) < 4.78 is 40.4. The van der Waals surface area contributed by atoms with Gasteiger partial charge in [0.15, 0.2) is 5.69 Å². The highest BCUT2D eigenvalue weighted by Crippen LogP contribution is 2.28. The van der Waals surface area contributed by atoms with E-state index in [0.29, 0.717) is 18.5 Å². The molecule has 0 saturated heterocycles. The fraction of sp³-hybridized carbons (Fsp3) is 0.533. The summed E-state index contributed by atoms with van der Waals surface area (Å²) in [5, 5.41) is 20.7. The molecule has 2 rings (SSSR count). The highest BCUT2D eigenvalue weighted by Gasteiger charge is 2.34. The van der Waals surface area contributed by atoms with Gasteiger partial charge in [-0.05, 0) is 25.8 Å². The molecule has 27 heavy (non-hydrogen) atoms. The number of aromatic nitrogens is 4. The van der Waals surface area contributed by atoms with Crippen molar-refractivity contribution < 1.29 is 22.9 Å². The number of hydrogen-bond acceptors (Lipinski definition) is 5. The van der Waals surface area contributed by atoms with Crippen molar-refractivity contribution in [2.45, 2.75) is 45.5 Å². The number of nitrogens with zero attached hydrogens (tertiary/aromatic N) is 5. The Labute approximate surface area is 152 Å². The van der Waals surface area contributed by atoms with Gasteiger partial charge in [-0.2, -0.15) is 23.4 Å². The molecule has 0 bridgehead atoms. The molecule has 1 N–H and O–H groups in total. The van der Waals surface area contributed by atoms with Gasteiger partial charge in [0.05, 0.1) is 4.92 Å². The molecular weight excluding hydrogens is 369 g/mol. The van der Waals surface area contributed by atoms with Gasteiger partial charge in [-0.15, -0.1) is 0 Å². The van der Waals surface area contributed by atoms with Crippen molar-refractivity contribution in [3.63, 3.8) is 0 Å². The molecule has 0 saturated carbocycles. The fourth-order valence-corrected chi connectivity index (χ4v) is 2.52. The molecule has 1 unspecified atom stereocenters. The average molecular weight is 388 g/mol. The average Bonchev–Trinajstić information content (AvgIpc) is 3.19. The Hall–Kier alpha value is -2.92. The van der Waals surface area contributed by atoms with Crippen LogP contribution in [-0.2, 0) is 17.5 Å². The van der Waals surface area contributed by atoms with Crippen LogP contribution in [0.2, 0.25) is 0 Å². The number of aryl methyl sites for hydroxylation is 2. The first-order valence-corrected chi connectivity index (χ1v) is 8.21. The maximum atomic E-state index is 12.6. The minimum absolute atomic E-state index is 0.212. The lowest BCUT2D eigenvalue weighted by Gasteiger charge is -2.15. The molecule has 0 radical (unpaired) electrons. The predicted octanol–water partition coefficient (Wildman–Crippen LogP) is 2.47. The van der Waals surface area contributed by atoms with Crippen molar-refractivity contribution in [1.82, 2.24) is 24.9 Å². The number of nitrogens with one attached hydrogen (secondary N) is 1. The molecule has 2 aromatic rings. The van der Waals surface area contributed by atoms with Gasteiger partial charge in [-0.25, -0.2) is 0 Å². The number of carbonyl (C=O) groups is 1. The summed E-state index contributed by atoms with van der Waals surface area (Å²) in [6, 6.07) is 0.262. The summed E-state index contributed by atoms with van der Waals surface area (Å²) in [5.41, 5.74) is -0.782. The molecule has 0 fully saturated rings. The van der Waals surface area contributed by atoms with E-state index in [0.717, 1.165) is 12.3 Å². The number of alkyl halides is 3. The fourth-order valence-electron chi connectivity index (χ4n) is 2.52. The molecule has 148 valence electrons. The van der Waals surface area contributed by atoms with Crippen LogP contribution in [0.25, 0.3) is 0 Å². The van der Waals surface area contributed by atoms with Gasteiger partial charge in [0.1, 0.15) is 18.4 Å². The van der Waals surface area contributed by atoms with Gasteiger partial charge in [0.25, 0.3) is 0 Å². The van der Waals surface area contributed by atoms with Crippen LogP contribution >= 0.6 is 0 Å². The molecule has 0 aliphatic rings. The topological polar surface area (TPSA) is 108 Å². The van der Waals surface area contributed by atoms with E-state index in [2.05, 4.69) is 15.5 Å². The molecule has 0 aromatic carbocycles. The predicted molar refractivity (Wildman–Crippen MR) is 87.8 cm³/mol. The number of carbonyl (C=O) groups excluding carboxylic acids is 1. The molecular formula is C15H19F3N6O3. The third kappa shape index (κ3) is 5.05. The second-order valence-corrected chi connectivity index (χ2v) is 5.90. The Morgan fingerprint density at radius 1 is 1.44 bits per heavy atom. The van der Waals surface area contributed by atoms with Crippen LogP contribution in [0.5, 0.6) is 0 Å². The molecule has 1 amide bonds. The van der Waals surface area contributed by atoms with E-state index in [1.54, 1.807) is 6.92 Å². The third-order valence-electron chi connectivity index (χ3n) is 3.92. The Balaban J connectivity index is 1.87. The summed E-state index contributed by atoms with van der Waals surface area (Å²) >= 11 is 0. The Bertz CT molecular complexity index is 814. The maximum Gasteiger partial charge on any atom is 0.435 e. The highest BCUT2D eigenvalue weighted by molar-refractivity contribution is 5.80. The molecule has 2 heterocycles. The lowest BCUT2D eigenvalue weighted by Crippen LogP contribution is -2.33. The van der Waals surface area contributed by atoms with Crippen LogP contribution in [-0.4, -0.2) is 36.9 Å². The van der Waals surface area contributed by atoms with Gasteiger partial charge in [0.2, 0.25) is 5.91 Å². The van der Waals surface area contributed by atoms with Crippen LogP contribution in [0, 0.1) is 17.0 Å². The van der Waals surface area contributed by atoms with Crippen LogP contribution in [0.3, 0.4) is 0 Å². The molecule has 0 aliphatic carbocycles. The maximum absolute atomic E-state index is 12.6. The van der Waals surface area contributed by atoms with Crippen molar-refractivity contribution in [3.8, 4) is 0 Å². The second kappa shape index (κ2) is 8.18. The van der Waals surface area contributed by atoms with E-state index in [4.69, 9.17) is 0 Å². The second-order valence-electron chi connectivity index (χ2n) is 5.90. The monoisotopic (exact) mass is 388 g/mol. The number of halogens is 3. The Morgan fingerprint density at radius 3 is 2.67 bits per heavy atom. The standard InChI is InChI=1S/C15H19F3N6O3/c1-3-12(23-9-11(8-20-23)24(26)27)14(25)19-5-4-6-22-10(2)7-13(21-22)15(16,17)18/h7-9,12H,3-6H2,1-2H3,(H,19,25). The van der Waals surface area contributed by atoms with Crippen LogP contribution < -0.4 is 5.32 Å². The minimum atomic E-state index is -4.50. The Kier molecular flexibility index (Phi) is 6.18. The smallest absolute Gasteiger partial charge is 0.354 e. The van der Waals surface area contributed by atoms with Gasteiger partial charge >= 0.3 is 11.9 Å². The van der Waals surface area contributed by atoms with E-state index < -0.39 is 22.8 Å². The first-order valence-electron chi connectivity index (χ1n) is 8.21. The van der Waals surface area contributed by atoms with E-state index >= 15 is 0 Å². The summed E-state index contributed by atoms with van der Waals surface area (Å²) in [5.74, 6) is -0.372. The van der Waals surface area contributed by atoms with Crippen molar-refractivity contribution in [3.05, 3.63) is 40.0 Å². The van der Waals surface area contributed by atoms with Crippen molar-refractivity contribution in [2.75, 3.05) is 6.54 Å². The number of amides is 1. The zero-order valence-electron chi connectivity index (χ0n) is 14.7. The summed E-state index contributed by atoms with van der Waals surface area (Å²) in [7, 11) is 0. The lowest BCUT2D eigenvalue weighted by atomic mass is 10.2. The quantitative estimate of drug-likeness (QED) is 0.425. The van der Waals surface area contributed by atoms with Crippen LogP contribution in [0.4, 0.5) is 18.9 Å². The minimum Gasteiger partial charge on any atom is -0.354 e. The lowest BCUT2D eigenvalue weighted by molar-refractivity contribution is -0.385. The third-order valence-corrected chi connectivity index (χ3v) is 3.92. The molecule has 2 aromatic heterocycles. The number of rotatable bonds is 8. The summed E-state index contributed by atoms with van der Waals surface area (Å²) in [6.07, 6.45) is -1.50. The zero-order valence-corrected chi connectivity index (χ0v) is 14.7. The van der Waals surface area contributed by atoms with Crippen molar-refractivity contribution in [2.24, 2.45) is 0 Å². The number of nitro groups is 1. The molecule has 0 aliphatic heterocycles. The zero-order chi connectivity index (χ0) is 20.2. The normalized spacial score (nSPS) is 12.8. The molecule has 9 nitrogen and oxygen atoms in total. The molecule has 12 heteroatoms. The van der Waals surface area contributed by atoms with Gasteiger partial charge < -0.3 is 5.32 Å². The molecule has 1 atom stereocenters. The summed E-state index contributed by atoms with van der Waals surface area (Å²) in [6.45, 7) is 3.70. The largest absolute Gasteiger partial charge is 0.435 e. The van der Waals surface area contributed by atoms with Crippen molar-refractivity contribution in [1.29, 1.82) is 0 Å². The first-order chi connectivity index (χ1) is 12.6.